The molecule has 3 rings (SSSR count). The van der Waals surface area contributed by atoms with Gasteiger partial charge >= 0.3 is 5.97 Å². The molecule has 0 saturated carbocycles. The van der Waals surface area contributed by atoms with Crippen LogP contribution in [0.5, 0.6) is 0 Å². The molecule has 2 aromatic carbocycles. The molecule has 1 N–H and O–H groups in total. The highest BCUT2D eigenvalue weighted by molar-refractivity contribution is 7.99. The number of aliphatic carboxylic acids is 1. The van der Waals surface area contributed by atoms with Gasteiger partial charge in [0.15, 0.2) is 0 Å². The summed E-state index contributed by atoms with van der Waals surface area (Å²) in [6.07, 6.45) is 2.18. The van der Waals surface area contributed by atoms with Crippen molar-refractivity contribution in [1.29, 1.82) is 0 Å². The maximum atomic E-state index is 12.5. The lowest BCUT2D eigenvalue weighted by atomic mass is 10.0. The number of nitrogens with zero attached hydrogens (tertiary/aromatic N) is 1. The minimum absolute atomic E-state index is 0.0451. The van der Waals surface area contributed by atoms with Crippen molar-refractivity contribution < 1.29 is 14.7 Å². The van der Waals surface area contributed by atoms with Crippen LogP contribution in [-0.2, 0) is 16.0 Å². The van der Waals surface area contributed by atoms with Crippen molar-refractivity contribution in [3.63, 3.8) is 0 Å². The van der Waals surface area contributed by atoms with E-state index in [-0.39, 0.29) is 18.4 Å². The largest absolute Gasteiger partial charge is 0.481 e. The van der Waals surface area contributed by atoms with Crippen molar-refractivity contribution in [3.8, 4) is 0 Å². The SMILES string of the molecule is O=C(O)CC1CSCCN1C(=O)CCCc1ccc2ccccc2c1. The van der Waals surface area contributed by atoms with E-state index in [1.165, 1.54) is 16.3 Å². The van der Waals surface area contributed by atoms with Gasteiger partial charge in [0.05, 0.1) is 12.5 Å². The highest BCUT2D eigenvalue weighted by Gasteiger charge is 2.28. The predicted octanol–water partition coefficient (Wildman–Crippen LogP) is 3.58. The molecule has 1 atom stereocenters. The van der Waals surface area contributed by atoms with Crippen LogP contribution in [0.2, 0.25) is 0 Å². The Labute approximate surface area is 152 Å². The molecule has 1 aliphatic heterocycles. The Morgan fingerprint density at radius 1 is 1.16 bits per heavy atom. The number of benzene rings is 2. The standard InChI is InChI=1S/C20H23NO3S/c22-19(21-10-11-25-14-18(21)13-20(23)24)7-3-4-15-8-9-16-5-1-2-6-17(16)12-15/h1-2,5-6,8-9,12,18H,3-4,7,10-11,13-14H2,(H,23,24). The van der Waals surface area contributed by atoms with Gasteiger partial charge in [0, 0.05) is 24.5 Å². The number of carboxylic acid groups (broad SMARTS) is 1. The first kappa shape index (κ1) is 17.8. The number of carbonyl (C=O) groups excluding carboxylic acids is 1. The van der Waals surface area contributed by atoms with Crippen LogP contribution >= 0.6 is 11.8 Å². The average Bonchev–Trinajstić information content (AvgIpc) is 2.61. The van der Waals surface area contributed by atoms with Crippen LogP contribution in [-0.4, -0.2) is 46.0 Å². The van der Waals surface area contributed by atoms with Crippen LogP contribution in [0.25, 0.3) is 10.8 Å². The Morgan fingerprint density at radius 2 is 1.96 bits per heavy atom. The molecule has 1 saturated heterocycles. The van der Waals surface area contributed by atoms with Gasteiger partial charge in [-0.15, -0.1) is 0 Å². The fraction of sp³-hybridized carbons (Fsp3) is 0.400. The number of hydrogen-bond donors (Lipinski definition) is 1. The molecule has 1 fully saturated rings. The number of rotatable bonds is 6. The van der Waals surface area contributed by atoms with E-state index in [9.17, 15) is 9.59 Å². The van der Waals surface area contributed by atoms with Crippen molar-refractivity contribution >= 4 is 34.4 Å². The van der Waals surface area contributed by atoms with Crippen LogP contribution < -0.4 is 0 Å². The monoisotopic (exact) mass is 357 g/mol. The van der Waals surface area contributed by atoms with E-state index in [0.29, 0.717) is 13.0 Å². The van der Waals surface area contributed by atoms with Gasteiger partial charge in [-0.25, -0.2) is 0 Å². The lowest BCUT2D eigenvalue weighted by molar-refractivity contribution is -0.140. The van der Waals surface area contributed by atoms with Crippen LogP contribution in [0.15, 0.2) is 42.5 Å². The quantitative estimate of drug-likeness (QED) is 0.858. The second kappa shape index (κ2) is 8.39. The highest BCUT2D eigenvalue weighted by atomic mass is 32.2. The minimum Gasteiger partial charge on any atom is -0.481 e. The number of carboxylic acids is 1. The van der Waals surface area contributed by atoms with Crippen molar-refractivity contribution in [1.82, 2.24) is 4.90 Å². The normalized spacial score (nSPS) is 17.6. The molecule has 1 heterocycles. The number of amides is 1. The zero-order valence-electron chi connectivity index (χ0n) is 14.2. The Morgan fingerprint density at radius 3 is 2.76 bits per heavy atom. The number of fused-ring (bicyclic) bond motifs is 1. The van der Waals surface area contributed by atoms with Crippen LogP contribution in [0.1, 0.15) is 24.8 Å². The van der Waals surface area contributed by atoms with Crippen molar-refractivity contribution in [2.45, 2.75) is 31.7 Å². The number of aryl methyl sites for hydroxylation is 1. The molecule has 5 heteroatoms. The molecule has 0 spiro atoms. The molecular formula is C20H23NO3S. The van der Waals surface area contributed by atoms with Gasteiger partial charge in [0.25, 0.3) is 0 Å². The van der Waals surface area contributed by atoms with Gasteiger partial charge in [0.1, 0.15) is 0 Å². The Hall–Kier alpha value is -2.01. The molecule has 25 heavy (non-hydrogen) atoms. The van der Waals surface area contributed by atoms with Gasteiger partial charge in [-0.1, -0.05) is 42.5 Å². The summed E-state index contributed by atoms with van der Waals surface area (Å²) in [6, 6.07) is 14.5. The highest BCUT2D eigenvalue weighted by Crippen LogP contribution is 2.21. The molecule has 1 aliphatic rings. The Kier molecular flexibility index (Phi) is 5.97. The van der Waals surface area contributed by atoms with E-state index < -0.39 is 5.97 Å². The summed E-state index contributed by atoms with van der Waals surface area (Å²) in [4.78, 5) is 25.3. The maximum Gasteiger partial charge on any atom is 0.305 e. The fourth-order valence-corrected chi connectivity index (χ4v) is 4.40. The molecule has 1 unspecified atom stereocenters. The molecule has 0 radical (unpaired) electrons. The lowest BCUT2D eigenvalue weighted by Crippen LogP contribution is -2.47. The smallest absolute Gasteiger partial charge is 0.305 e. The van der Waals surface area contributed by atoms with Crippen molar-refractivity contribution in [2.24, 2.45) is 0 Å². The third-order valence-corrected chi connectivity index (χ3v) is 5.72. The van der Waals surface area contributed by atoms with Gasteiger partial charge in [-0.05, 0) is 29.2 Å². The van der Waals surface area contributed by atoms with E-state index in [0.717, 1.165) is 24.3 Å². The zero-order valence-corrected chi connectivity index (χ0v) is 15.0. The number of hydrogen-bond acceptors (Lipinski definition) is 3. The third kappa shape index (κ3) is 4.75. The molecule has 2 aromatic rings. The Bertz CT molecular complexity index is 761. The second-order valence-corrected chi connectivity index (χ2v) is 7.60. The van der Waals surface area contributed by atoms with Crippen LogP contribution in [0.3, 0.4) is 0 Å². The molecule has 0 aromatic heterocycles. The summed E-state index contributed by atoms with van der Waals surface area (Å²) in [5, 5.41) is 11.5. The molecule has 132 valence electrons. The molecule has 1 amide bonds. The maximum absolute atomic E-state index is 12.5. The molecule has 0 aliphatic carbocycles. The van der Waals surface area contributed by atoms with Crippen LogP contribution in [0.4, 0.5) is 0 Å². The lowest BCUT2D eigenvalue weighted by Gasteiger charge is -2.34. The van der Waals surface area contributed by atoms with E-state index in [1.807, 2.05) is 12.1 Å². The van der Waals surface area contributed by atoms with E-state index >= 15 is 0 Å². The topological polar surface area (TPSA) is 57.6 Å². The predicted molar refractivity (Wildman–Crippen MR) is 102 cm³/mol. The van der Waals surface area contributed by atoms with Crippen molar-refractivity contribution in [3.05, 3.63) is 48.0 Å². The molecular weight excluding hydrogens is 334 g/mol. The third-order valence-electron chi connectivity index (χ3n) is 4.63. The van der Waals surface area contributed by atoms with Crippen LogP contribution in [0, 0.1) is 0 Å². The first-order valence-corrected chi connectivity index (χ1v) is 9.85. The minimum atomic E-state index is -0.832. The van der Waals surface area contributed by atoms with Gasteiger partial charge in [-0.3, -0.25) is 9.59 Å². The summed E-state index contributed by atoms with van der Waals surface area (Å²) in [7, 11) is 0. The van der Waals surface area contributed by atoms with E-state index in [1.54, 1.807) is 16.7 Å². The first-order valence-electron chi connectivity index (χ1n) is 8.70. The zero-order chi connectivity index (χ0) is 17.6. The second-order valence-electron chi connectivity index (χ2n) is 6.45. The van der Waals surface area contributed by atoms with Gasteiger partial charge in [0.2, 0.25) is 5.91 Å². The fourth-order valence-electron chi connectivity index (χ4n) is 3.34. The summed E-state index contributed by atoms with van der Waals surface area (Å²) in [6.45, 7) is 0.664. The first-order chi connectivity index (χ1) is 12.1. The number of carbonyl (C=O) groups is 2. The van der Waals surface area contributed by atoms with Crippen molar-refractivity contribution in [2.75, 3.05) is 18.1 Å². The Balaban J connectivity index is 1.54. The van der Waals surface area contributed by atoms with E-state index in [2.05, 4.69) is 30.3 Å². The van der Waals surface area contributed by atoms with Gasteiger partial charge in [-0.2, -0.15) is 11.8 Å². The summed E-state index contributed by atoms with van der Waals surface area (Å²) in [5.74, 6) is 0.878. The van der Waals surface area contributed by atoms with E-state index in [4.69, 9.17) is 5.11 Å². The molecule has 0 bridgehead atoms. The molecule has 4 nitrogen and oxygen atoms in total. The van der Waals surface area contributed by atoms with Gasteiger partial charge < -0.3 is 10.0 Å². The summed E-state index contributed by atoms with van der Waals surface area (Å²) >= 11 is 1.73. The summed E-state index contributed by atoms with van der Waals surface area (Å²) < 4.78 is 0. The average molecular weight is 357 g/mol. The number of thioether (sulfide) groups is 1. The summed E-state index contributed by atoms with van der Waals surface area (Å²) in [5.41, 5.74) is 1.24.